The van der Waals surface area contributed by atoms with Crippen molar-refractivity contribution in [2.75, 3.05) is 6.61 Å². The molecule has 0 saturated carbocycles. The van der Waals surface area contributed by atoms with Crippen LogP contribution in [0.25, 0.3) is 22.2 Å². The van der Waals surface area contributed by atoms with Gasteiger partial charge in [0.15, 0.2) is 12.2 Å². The van der Waals surface area contributed by atoms with Crippen LogP contribution >= 0.6 is 23.2 Å². The molecular formula is C15H8Cl2FNO4. The molecule has 23 heavy (non-hydrogen) atoms. The Labute approximate surface area is 139 Å². The van der Waals surface area contributed by atoms with E-state index in [1.807, 2.05) is 0 Å². The fraction of sp³-hybridized carbons (Fsp3) is 0.0667. The minimum atomic E-state index is -1.14. The normalized spacial score (nSPS) is 10.9. The van der Waals surface area contributed by atoms with Gasteiger partial charge in [-0.25, -0.2) is 9.18 Å². The van der Waals surface area contributed by atoms with E-state index < -0.39 is 18.4 Å². The number of carbonyl (C=O) groups is 1. The summed E-state index contributed by atoms with van der Waals surface area (Å²) in [5.41, 5.74) is 0.656. The number of aromatic nitrogens is 1. The Bertz CT molecular complexity index is 910. The maximum absolute atomic E-state index is 14.0. The van der Waals surface area contributed by atoms with Crippen molar-refractivity contribution in [3.63, 3.8) is 0 Å². The Balaban J connectivity index is 2.08. The number of fused-ring (bicyclic) bond motifs is 1. The lowest BCUT2D eigenvalue weighted by atomic mass is 10.1. The van der Waals surface area contributed by atoms with Crippen molar-refractivity contribution in [2.45, 2.75) is 0 Å². The van der Waals surface area contributed by atoms with Gasteiger partial charge in [-0.1, -0.05) is 28.4 Å². The standard InChI is InChI=1S/C15H8Cl2FNO4/c16-7-1-2-8(10(18)5-7)14-9-3-4-11(22-6-12(20)21)13(17)15(9)23-19-14/h1-5H,6H2,(H,20,21). The topological polar surface area (TPSA) is 72.6 Å². The third-order valence-corrected chi connectivity index (χ3v) is 3.68. The van der Waals surface area contributed by atoms with Crippen LogP contribution in [0.3, 0.4) is 0 Å². The van der Waals surface area contributed by atoms with Crippen LogP contribution < -0.4 is 4.74 Å². The Kier molecular flexibility index (Phi) is 4.11. The number of hydrogen-bond acceptors (Lipinski definition) is 4. The van der Waals surface area contributed by atoms with Gasteiger partial charge in [-0.3, -0.25) is 0 Å². The molecule has 8 heteroatoms. The molecule has 118 valence electrons. The van der Waals surface area contributed by atoms with E-state index in [9.17, 15) is 9.18 Å². The summed E-state index contributed by atoms with van der Waals surface area (Å²) in [5.74, 6) is -1.54. The average Bonchev–Trinajstić information content (AvgIpc) is 2.91. The number of aliphatic carboxylic acids is 1. The molecule has 3 rings (SSSR count). The Morgan fingerprint density at radius 3 is 2.78 bits per heavy atom. The van der Waals surface area contributed by atoms with Gasteiger partial charge in [0.05, 0.1) is 5.39 Å². The van der Waals surface area contributed by atoms with Gasteiger partial charge in [-0.15, -0.1) is 0 Å². The van der Waals surface area contributed by atoms with Crippen molar-refractivity contribution in [3.05, 3.63) is 46.2 Å². The molecule has 0 fully saturated rings. The predicted molar refractivity (Wildman–Crippen MR) is 82.6 cm³/mol. The molecule has 0 aliphatic rings. The Hall–Kier alpha value is -2.31. The van der Waals surface area contributed by atoms with Gasteiger partial charge in [0.2, 0.25) is 0 Å². The Morgan fingerprint density at radius 1 is 1.30 bits per heavy atom. The van der Waals surface area contributed by atoms with Crippen LogP contribution in [-0.4, -0.2) is 22.8 Å². The van der Waals surface area contributed by atoms with Gasteiger partial charge in [0.1, 0.15) is 22.3 Å². The molecular weight excluding hydrogens is 348 g/mol. The first kappa shape index (κ1) is 15.6. The minimum Gasteiger partial charge on any atom is -0.480 e. The van der Waals surface area contributed by atoms with Gasteiger partial charge in [0.25, 0.3) is 0 Å². The van der Waals surface area contributed by atoms with Crippen LogP contribution in [0.4, 0.5) is 4.39 Å². The van der Waals surface area contributed by atoms with Crippen LogP contribution in [0.1, 0.15) is 0 Å². The first-order valence-corrected chi connectivity index (χ1v) is 7.11. The zero-order valence-electron chi connectivity index (χ0n) is 11.3. The van der Waals surface area contributed by atoms with Gasteiger partial charge in [0, 0.05) is 10.6 Å². The number of nitrogens with zero attached hydrogens (tertiary/aromatic N) is 1. The SMILES string of the molecule is O=C(O)COc1ccc2c(-c3ccc(Cl)cc3F)noc2c1Cl. The molecule has 0 unspecified atom stereocenters. The van der Waals surface area contributed by atoms with Crippen molar-refractivity contribution in [1.29, 1.82) is 0 Å². The van der Waals surface area contributed by atoms with Crippen molar-refractivity contribution in [2.24, 2.45) is 0 Å². The highest BCUT2D eigenvalue weighted by Crippen LogP contribution is 2.38. The number of ether oxygens (including phenoxy) is 1. The molecule has 1 aromatic heterocycles. The maximum atomic E-state index is 14.0. The molecule has 0 aliphatic carbocycles. The average molecular weight is 356 g/mol. The second-order valence-corrected chi connectivity index (χ2v) is 5.41. The van der Waals surface area contributed by atoms with Crippen molar-refractivity contribution in [1.82, 2.24) is 5.16 Å². The zero-order valence-corrected chi connectivity index (χ0v) is 12.9. The van der Waals surface area contributed by atoms with Crippen LogP contribution in [0.15, 0.2) is 34.9 Å². The molecule has 3 aromatic rings. The number of benzene rings is 2. The van der Waals surface area contributed by atoms with E-state index >= 15 is 0 Å². The lowest BCUT2D eigenvalue weighted by molar-refractivity contribution is -0.139. The number of carboxylic acid groups (broad SMARTS) is 1. The molecule has 0 radical (unpaired) electrons. The number of rotatable bonds is 4. The van der Waals surface area contributed by atoms with E-state index in [1.54, 1.807) is 6.07 Å². The summed E-state index contributed by atoms with van der Waals surface area (Å²) in [6.45, 7) is -0.544. The molecule has 0 amide bonds. The summed E-state index contributed by atoms with van der Waals surface area (Å²) in [4.78, 5) is 10.5. The largest absolute Gasteiger partial charge is 0.480 e. The summed E-state index contributed by atoms with van der Waals surface area (Å²) >= 11 is 11.9. The fourth-order valence-corrected chi connectivity index (χ4v) is 2.49. The molecule has 0 aliphatic heterocycles. The second-order valence-electron chi connectivity index (χ2n) is 4.59. The first-order chi connectivity index (χ1) is 11.0. The molecule has 0 atom stereocenters. The predicted octanol–water partition coefficient (Wildman–Crippen LogP) is 4.40. The zero-order chi connectivity index (χ0) is 16.6. The van der Waals surface area contributed by atoms with Gasteiger partial charge in [-0.05, 0) is 30.3 Å². The van der Waals surface area contributed by atoms with Crippen molar-refractivity contribution >= 4 is 40.1 Å². The Morgan fingerprint density at radius 2 is 2.09 bits per heavy atom. The summed E-state index contributed by atoms with van der Waals surface area (Å²) in [5, 5.41) is 13.3. The monoisotopic (exact) mass is 355 g/mol. The molecule has 5 nitrogen and oxygen atoms in total. The lowest BCUT2D eigenvalue weighted by Gasteiger charge is -2.05. The highest BCUT2D eigenvalue weighted by molar-refractivity contribution is 6.36. The van der Waals surface area contributed by atoms with Crippen LogP contribution in [0.2, 0.25) is 10.0 Å². The quantitative estimate of drug-likeness (QED) is 0.750. The van der Waals surface area contributed by atoms with Crippen molar-refractivity contribution in [3.8, 4) is 17.0 Å². The van der Waals surface area contributed by atoms with Gasteiger partial charge in [-0.2, -0.15) is 0 Å². The van der Waals surface area contributed by atoms with E-state index in [0.29, 0.717) is 5.39 Å². The van der Waals surface area contributed by atoms with Crippen LogP contribution in [-0.2, 0) is 4.79 Å². The lowest BCUT2D eigenvalue weighted by Crippen LogP contribution is -2.09. The number of halogens is 3. The molecule has 1 heterocycles. The maximum Gasteiger partial charge on any atom is 0.341 e. The van der Waals surface area contributed by atoms with E-state index in [1.165, 1.54) is 24.3 Å². The van der Waals surface area contributed by atoms with E-state index in [-0.39, 0.29) is 32.6 Å². The second kappa shape index (κ2) is 6.06. The third kappa shape index (κ3) is 2.95. The minimum absolute atomic E-state index is 0.0665. The highest BCUT2D eigenvalue weighted by Gasteiger charge is 2.19. The van der Waals surface area contributed by atoms with Gasteiger partial charge >= 0.3 is 5.97 Å². The van der Waals surface area contributed by atoms with E-state index in [4.69, 9.17) is 37.6 Å². The fourth-order valence-electron chi connectivity index (χ4n) is 2.08. The summed E-state index contributed by atoms with van der Waals surface area (Å²) in [6, 6.07) is 7.23. The summed E-state index contributed by atoms with van der Waals surface area (Å²) in [7, 11) is 0. The van der Waals surface area contributed by atoms with E-state index in [0.717, 1.165) is 0 Å². The van der Waals surface area contributed by atoms with Gasteiger partial charge < -0.3 is 14.4 Å². The molecule has 0 spiro atoms. The first-order valence-electron chi connectivity index (χ1n) is 6.35. The molecule has 1 N–H and O–H groups in total. The summed E-state index contributed by atoms with van der Waals surface area (Å²) < 4.78 is 24.2. The molecule has 0 bridgehead atoms. The smallest absolute Gasteiger partial charge is 0.341 e. The number of carboxylic acids is 1. The van der Waals surface area contributed by atoms with Crippen LogP contribution in [0.5, 0.6) is 5.75 Å². The van der Waals surface area contributed by atoms with Crippen LogP contribution in [0, 0.1) is 5.82 Å². The highest BCUT2D eigenvalue weighted by atomic mass is 35.5. The van der Waals surface area contributed by atoms with E-state index in [2.05, 4.69) is 5.16 Å². The third-order valence-electron chi connectivity index (χ3n) is 3.08. The molecule has 2 aromatic carbocycles. The summed E-state index contributed by atoms with van der Waals surface area (Å²) in [6.07, 6.45) is 0. The number of hydrogen-bond donors (Lipinski definition) is 1. The van der Waals surface area contributed by atoms with Crippen molar-refractivity contribution < 1.29 is 23.6 Å². The molecule has 0 saturated heterocycles.